The summed E-state index contributed by atoms with van der Waals surface area (Å²) in [4.78, 5) is 0. The van der Waals surface area contributed by atoms with Crippen LogP contribution in [0.15, 0.2) is 18.2 Å². The van der Waals surface area contributed by atoms with Crippen LogP contribution in [0.2, 0.25) is 6.04 Å². The Kier molecular flexibility index (Phi) is 7.29. The molecule has 0 saturated carbocycles. The lowest BCUT2D eigenvalue weighted by molar-refractivity contribution is 0.122. The van der Waals surface area contributed by atoms with Gasteiger partial charge in [-0.25, -0.2) is 8.78 Å². The highest BCUT2D eigenvalue weighted by Crippen LogP contribution is 2.18. The van der Waals surface area contributed by atoms with Crippen molar-refractivity contribution in [1.29, 1.82) is 0 Å². The Morgan fingerprint density at radius 1 is 0.850 bits per heavy atom. The lowest BCUT2D eigenvalue weighted by atomic mass is 10.1. The molecule has 0 radical (unpaired) electrons. The first kappa shape index (κ1) is 17.2. The van der Waals surface area contributed by atoms with Crippen molar-refractivity contribution in [2.75, 3.05) is 21.3 Å². The summed E-state index contributed by atoms with van der Waals surface area (Å²) < 4.78 is 42.0. The van der Waals surface area contributed by atoms with Crippen molar-refractivity contribution in [3.05, 3.63) is 35.4 Å². The summed E-state index contributed by atoms with van der Waals surface area (Å²) in [5.74, 6) is -1.05. The van der Waals surface area contributed by atoms with E-state index in [1.807, 2.05) is 0 Å². The highest BCUT2D eigenvalue weighted by atomic mass is 28.4. The average Bonchev–Trinajstić information content (AvgIpc) is 2.42. The van der Waals surface area contributed by atoms with E-state index in [9.17, 15) is 8.78 Å². The van der Waals surface area contributed by atoms with Crippen LogP contribution in [-0.4, -0.2) is 30.1 Å². The molecule has 0 fully saturated rings. The number of hydrogen-bond acceptors (Lipinski definition) is 3. The maximum absolute atomic E-state index is 13.0. The van der Waals surface area contributed by atoms with Crippen LogP contribution in [0.5, 0.6) is 0 Å². The predicted octanol–water partition coefficient (Wildman–Crippen LogP) is 3.56. The highest BCUT2D eigenvalue weighted by Gasteiger charge is 2.36. The van der Waals surface area contributed by atoms with Crippen LogP contribution in [0.25, 0.3) is 0 Å². The van der Waals surface area contributed by atoms with Gasteiger partial charge in [-0.15, -0.1) is 0 Å². The van der Waals surface area contributed by atoms with Gasteiger partial charge in [-0.1, -0.05) is 6.42 Å². The lowest BCUT2D eigenvalue weighted by Gasteiger charge is -2.24. The minimum Gasteiger partial charge on any atom is -0.377 e. The van der Waals surface area contributed by atoms with Crippen LogP contribution >= 0.6 is 0 Å². The Hall–Kier alpha value is -0.823. The average molecular weight is 304 g/mol. The van der Waals surface area contributed by atoms with Crippen LogP contribution in [0.4, 0.5) is 8.78 Å². The van der Waals surface area contributed by atoms with Gasteiger partial charge in [0.2, 0.25) is 0 Å². The van der Waals surface area contributed by atoms with Gasteiger partial charge in [-0.05, 0) is 37.0 Å². The van der Waals surface area contributed by atoms with Crippen LogP contribution in [0.3, 0.4) is 0 Å². The molecule has 0 unspecified atom stereocenters. The predicted molar refractivity (Wildman–Crippen MR) is 75.5 cm³/mol. The van der Waals surface area contributed by atoms with Crippen LogP contribution in [0.1, 0.15) is 24.8 Å². The molecule has 0 aliphatic heterocycles. The van der Waals surface area contributed by atoms with Crippen LogP contribution < -0.4 is 0 Å². The molecule has 0 aromatic heterocycles. The van der Waals surface area contributed by atoms with Crippen LogP contribution in [0, 0.1) is 11.6 Å². The molecule has 0 heterocycles. The summed E-state index contributed by atoms with van der Waals surface area (Å²) in [6.45, 7) is 0. The molecule has 114 valence electrons. The smallest absolute Gasteiger partial charge is 0.377 e. The van der Waals surface area contributed by atoms with E-state index in [4.69, 9.17) is 13.3 Å². The second-order valence-corrected chi connectivity index (χ2v) is 7.72. The van der Waals surface area contributed by atoms with E-state index in [-0.39, 0.29) is 0 Å². The fourth-order valence-corrected chi connectivity index (χ4v) is 3.95. The maximum Gasteiger partial charge on any atom is 0.500 e. The summed E-state index contributed by atoms with van der Waals surface area (Å²) in [7, 11) is 2.29. The largest absolute Gasteiger partial charge is 0.500 e. The van der Waals surface area contributed by atoms with E-state index in [1.54, 1.807) is 21.3 Å². The molecule has 0 bridgehead atoms. The molecule has 1 aromatic carbocycles. The van der Waals surface area contributed by atoms with E-state index in [1.165, 1.54) is 12.1 Å². The topological polar surface area (TPSA) is 27.7 Å². The molecule has 6 heteroatoms. The first-order valence-corrected chi connectivity index (χ1v) is 8.59. The molecule has 20 heavy (non-hydrogen) atoms. The van der Waals surface area contributed by atoms with Gasteiger partial charge in [-0.2, -0.15) is 0 Å². The van der Waals surface area contributed by atoms with Crippen molar-refractivity contribution < 1.29 is 22.1 Å². The third-order valence-corrected chi connectivity index (χ3v) is 6.14. The van der Waals surface area contributed by atoms with Gasteiger partial charge in [0.1, 0.15) is 11.6 Å². The molecular formula is C14H22F2O3Si. The third-order valence-electron chi connectivity index (χ3n) is 3.30. The Balaban J connectivity index is 2.31. The number of unbranched alkanes of at least 4 members (excludes halogenated alkanes) is 2. The fourth-order valence-electron chi connectivity index (χ4n) is 2.16. The van der Waals surface area contributed by atoms with Crippen molar-refractivity contribution in [3.8, 4) is 0 Å². The van der Waals surface area contributed by atoms with Gasteiger partial charge in [0.25, 0.3) is 0 Å². The summed E-state index contributed by atoms with van der Waals surface area (Å²) in [5.41, 5.74) is 0.691. The van der Waals surface area contributed by atoms with Gasteiger partial charge < -0.3 is 13.3 Å². The monoisotopic (exact) mass is 304 g/mol. The van der Waals surface area contributed by atoms with E-state index < -0.39 is 20.4 Å². The zero-order chi connectivity index (χ0) is 15.0. The van der Waals surface area contributed by atoms with Crippen molar-refractivity contribution >= 4 is 8.80 Å². The van der Waals surface area contributed by atoms with E-state index >= 15 is 0 Å². The van der Waals surface area contributed by atoms with E-state index in [0.29, 0.717) is 12.0 Å². The second-order valence-electron chi connectivity index (χ2n) is 4.63. The van der Waals surface area contributed by atoms with Gasteiger partial charge >= 0.3 is 8.80 Å². The summed E-state index contributed by atoms with van der Waals surface area (Å²) in [5, 5.41) is 0. The van der Waals surface area contributed by atoms with Crippen molar-refractivity contribution in [2.45, 2.75) is 31.7 Å². The minimum atomic E-state index is -2.48. The maximum atomic E-state index is 13.0. The standard InChI is InChI=1S/C14H22F2O3Si/c1-17-20(18-2,19-3)8-6-4-5-7-12-9-13(15)11-14(16)10-12/h9-11H,4-8H2,1-3H3. The van der Waals surface area contributed by atoms with Gasteiger partial charge in [0.15, 0.2) is 0 Å². The minimum absolute atomic E-state index is 0.524. The first-order valence-electron chi connectivity index (χ1n) is 6.65. The lowest BCUT2D eigenvalue weighted by Crippen LogP contribution is -2.42. The quantitative estimate of drug-likeness (QED) is 0.516. The molecule has 0 saturated heterocycles. The molecule has 0 amide bonds. The van der Waals surface area contributed by atoms with E-state index in [0.717, 1.165) is 31.4 Å². The van der Waals surface area contributed by atoms with Crippen molar-refractivity contribution in [3.63, 3.8) is 0 Å². The molecule has 0 atom stereocenters. The number of aryl methyl sites for hydroxylation is 1. The van der Waals surface area contributed by atoms with Gasteiger partial charge in [0, 0.05) is 33.4 Å². The third kappa shape index (κ3) is 5.28. The number of halogens is 2. The molecule has 0 aliphatic carbocycles. The van der Waals surface area contributed by atoms with Gasteiger partial charge in [-0.3, -0.25) is 0 Å². The van der Waals surface area contributed by atoms with E-state index in [2.05, 4.69) is 0 Å². The molecule has 1 aromatic rings. The molecule has 3 nitrogen and oxygen atoms in total. The molecule has 0 aliphatic rings. The Morgan fingerprint density at radius 2 is 1.40 bits per heavy atom. The summed E-state index contributed by atoms with van der Waals surface area (Å²) in [6, 6.07) is 4.39. The second kappa shape index (κ2) is 8.46. The SMILES string of the molecule is CO[Si](CCCCCc1cc(F)cc(F)c1)(OC)OC. The van der Waals surface area contributed by atoms with Crippen LogP contribution in [-0.2, 0) is 19.7 Å². The zero-order valence-electron chi connectivity index (χ0n) is 12.2. The highest BCUT2D eigenvalue weighted by molar-refractivity contribution is 6.60. The Bertz CT molecular complexity index is 383. The summed E-state index contributed by atoms with van der Waals surface area (Å²) in [6.07, 6.45) is 3.36. The Labute approximate surface area is 120 Å². The number of hydrogen-bond donors (Lipinski definition) is 0. The fraction of sp³-hybridized carbons (Fsp3) is 0.571. The normalized spacial score (nSPS) is 11.8. The van der Waals surface area contributed by atoms with Gasteiger partial charge in [0.05, 0.1) is 0 Å². The molecule has 1 rings (SSSR count). The molecule has 0 N–H and O–H groups in total. The summed E-state index contributed by atoms with van der Waals surface area (Å²) >= 11 is 0. The van der Waals surface area contributed by atoms with Crippen molar-refractivity contribution in [1.82, 2.24) is 0 Å². The zero-order valence-corrected chi connectivity index (χ0v) is 13.2. The molecule has 0 spiro atoms. The first-order chi connectivity index (χ1) is 9.55. The number of benzene rings is 1. The Morgan fingerprint density at radius 3 is 1.90 bits per heavy atom. The molecular weight excluding hydrogens is 282 g/mol. The number of rotatable bonds is 9. The van der Waals surface area contributed by atoms with Crippen molar-refractivity contribution in [2.24, 2.45) is 0 Å².